The molecule has 0 amide bonds. The van der Waals surface area contributed by atoms with Crippen molar-refractivity contribution in [2.45, 2.75) is 25.3 Å². The minimum atomic E-state index is -0.266. The van der Waals surface area contributed by atoms with Gasteiger partial charge in [0.05, 0.1) is 13.0 Å². The van der Waals surface area contributed by atoms with Crippen LogP contribution in [0.5, 0.6) is 0 Å². The average Bonchev–Trinajstić information content (AvgIpc) is 3.23. The van der Waals surface area contributed by atoms with Crippen molar-refractivity contribution in [3.05, 3.63) is 34.6 Å². The van der Waals surface area contributed by atoms with Gasteiger partial charge < -0.3 is 15.0 Å². The standard InChI is InChI=1S/C18H23ClFN3O2/c1-10-8-23(9-12(10)17(24)25-3)18(21-2)22-15-7-11(15)16-13(19)5-4-6-14(16)20/h4-6,10-12,15H,7-9H2,1-3H3,(H,21,22). The average molecular weight is 368 g/mol. The molecule has 0 aromatic heterocycles. The Morgan fingerprint density at radius 2 is 2.20 bits per heavy atom. The summed E-state index contributed by atoms with van der Waals surface area (Å²) in [6.07, 6.45) is 0.809. The fourth-order valence-corrected chi connectivity index (χ4v) is 3.90. The maximum absolute atomic E-state index is 14.1. The topological polar surface area (TPSA) is 53.9 Å². The molecule has 4 unspecified atom stereocenters. The SMILES string of the molecule is CN=C(NC1CC1c1c(F)cccc1Cl)N1CC(C)C(C(=O)OC)C1. The number of hydrogen-bond donors (Lipinski definition) is 1. The van der Waals surface area contributed by atoms with Crippen LogP contribution in [-0.2, 0) is 9.53 Å². The highest BCUT2D eigenvalue weighted by Crippen LogP contribution is 2.45. The summed E-state index contributed by atoms with van der Waals surface area (Å²) < 4.78 is 18.9. The van der Waals surface area contributed by atoms with Gasteiger partial charge in [0.15, 0.2) is 5.96 Å². The minimum absolute atomic E-state index is 0.0434. The maximum Gasteiger partial charge on any atom is 0.310 e. The predicted octanol–water partition coefficient (Wildman–Crippen LogP) is 2.65. The molecule has 1 aromatic carbocycles. The highest BCUT2D eigenvalue weighted by molar-refractivity contribution is 6.31. The Bertz CT molecular complexity index is 677. The summed E-state index contributed by atoms with van der Waals surface area (Å²) in [6.45, 7) is 3.34. The largest absolute Gasteiger partial charge is 0.469 e. The number of guanidine groups is 1. The molecule has 5 nitrogen and oxygen atoms in total. The Hall–Kier alpha value is -1.82. The van der Waals surface area contributed by atoms with Gasteiger partial charge in [-0.15, -0.1) is 0 Å². The zero-order valence-corrected chi connectivity index (χ0v) is 15.4. The summed E-state index contributed by atoms with van der Waals surface area (Å²) in [7, 11) is 3.13. The quantitative estimate of drug-likeness (QED) is 0.507. The molecule has 1 aliphatic carbocycles. The van der Waals surface area contributed by atoms with Gasteiger partial charge in [0.1, 0.15) is 5.82 Å². The molecule has 0 radical (unpaired) electrons. The number of methoxy groups -OCH3 is 1. The zero-order valence-electron chi connectivity index (χ0n) is 14.6. The van der Waals surface area contributed by atoms with Crippen LogP contribution >= 0.6 is 11.6 Å². The second-order valence-electron chi connectivity index (χ2n) is 6.79. The summed E-state index contributed by atoms with van der Waals surface area (Å²) >= 11 is 6.16. The monoisotopic (exact) mass is 367 g/mol. The number of esters is 1. The third-order valence-corrected chi connectivity index (χ3v) is 5.43. The molecular weight excluding hydrogens is 345 g/mol. The first-order valence-electron chi connectivity index (χ1n) is 8.46. The third-order valence-electron chi connectivity index (χ3n) is 5.10. The molecule has 7 heteroatoms. The number of carbonyl (C=O) groups excluding carboxylic acids is 1. The lowest BCUT2D eigenvalue weighted by Gasteiger charge is -2.21. The Morgan fingerprint density at radius 1 is 1.44 bits per heavy atom. The smallest absolute Gasteiger partial charge is 0.310 e. The van der Waals surface area contributed by atoms with E-state index in [0.717, 1.165) is 18.9 Å². The van der Waals surface area contributed by atoms with Gasteiger partial charge in [0, 0.05) is 42.7 Å². The maximum atomic E-state index is 14.1. The molecule has 4 atom stereocenters. The number of halogens is 2. The Labute approximate surface area is 152 Å². The fourth-order valence-electron chi connectivity index (χ4n) is 3.60. The van der Waals surface area contributed by atoms with E-state index in [2.05, 4.69) is 15.2 Å². The highest BCUT2D eigenvalue weighted by Gasteiger charge is 2.44. The number of ether oxygens (including phenoxy) is 1. The second kappa shape index (κ2) is 7.20. The molecule has 1 saturated heterocycles. The first-order valence-corrected chi connectivity index (χ1v) is 8.84. The Balaban J connectivity index is 1.64. The van der Waals surface area contributed by atoms with E-state index in [-0.39, 0.29) is 35.6 Å². The lowest BCUT2D eigenvalue weighted by atomic mass is 9.99. The van der Waals surface area contributed by atoms with Crippen molar-refractivity contribution in [3.63, 3.8) is 0 Å². The zero-order chi connectivity index (χ0) is 18.1. The van der Waals surface area contributed by atoms with Gasteiger partial charge in [-0.3, -0.25) is 9.79 Å². The van der Waals surface area contributed by atoms with Gasteiger partial charge in [-0.05, 0) is 24.5 Å². The van der Waals surface area contributed by atoms with Crippen LogP contribution in [0.2, 0.25) is 5.02 Å². The van der Waals surface area contributed by atoms with E-state index in [1.54, 1.807) is 19.2 Å². The summed E-state index contributed by atoms with van der Waals surface area (Å²) in [5.74, 6) is 0.367. The van der Waals surface area contributed by atoms with Crippen LogP contribution in [0, 0.1) is 17.7 Å². The molecule has 0 bridgehead atoms. The van der Waals surface area contributed by atoms with Crippen molar-refractivity contribution in [2.24, 2.45) is 16.8 Å². The molecule has 1 saturated carbocycles. The van der Waals surface area contributed by atoms with Gasteiger partial charge >= 0.3 is 5.97 Å². The molecule has 2 fully saturated rings. The number of hydrogen-bond acceptors (Lipinski definition) is 3. The molecular formula is C18H23ClFN3O2. The fraction of sp³-hybridized carbons (Fsp3) is 0.556. The molecule has 25 heavy (non-hydrogen) atoms. The first kappa shape index (κ1) is 18.0. The van der Waals surface area contributed by atoms with Gasteiger partial charge in [0.2, 0.25) is 0 Å². The molecule has 1 aliphatic heterocycles. The summed E-state index contributed by atoms with van der Waals surface area (Å²) in [4.78, 5) is 18.3. The summed E-state index contributed by atoms with van der Waals surface area (Å²) in [5.41, 5.74) is 0.569. The minimum Gasteiger partial charge on any atom is -0.469 e. The molecule has 1 N–H and O–H groups in total. The number of benzene rings is 1. The molecule has 3 rings (SSSR count). The molecule has 2 aliphatic rings. The van der Waals surface area contributed by atoms with Crippen LogP contribution in [0.1, 0.15) is 24.8 Å². The Morgan fingerprint density at radius 3 is 2.84 bits per heavy atom. The van der Waals surface area contributed by atoms with Gasteiger partial charge in [-0.2, -0.15) is 0 Å². The van der Waals surface area contributed by atoms with Gasteiger partial charge in [-0.1, -0.05) is 24.6 Å². The van der Waals surface area contributed by atoms with E-state index in [1.165, 1.54) is 13.2 Å². The third kappa shape index (κ3) is 3.59. The van der Waals surface area contributed by atoms with Gasteiger partial charge in [-0.25, -0.2) is 4.39 Å². The number of aliphatic imine (C=N–C) groups is 1. The van der Waals surface area contributed by atoms with Crippen LogP contribution in [0.25, 0.3) is 0 Å². The molecule has 0 spiro atoms. The highest BCUT2D eigenvalue weighted by atomic mass is 35.5. The second-order valence-corrected chi connectivity index (χ2v) is 7.19. The summed E-state index contributed by atoms with van der Waals surface area (Å²) in [5, 5.41) is 3.84. The van der Waals surface area contributed by atoms with Crippen molar-refractivity contribution in [3.8, 4) is 0 Å². The number of nitrogens with zero attached hydrogens (tertiary/aromatic N) is 2. The van der Waals surface area contributed by atoms with E-state index in [0.29, 0.717) is 17.1 Å². The predicted molar refractivity (Wildman–Crippen MR) is 95.3 cm³/mol. The first-order chi connectivity index (χ1) is 12.0. The lowest BCUT2D eigenvalue weighted by molar-refractivity contribution is -0.145. The van der Waals surface area contributed by atoms with Crippen molar-refractivity contribution in [1.29, 1.82) is 0 Å². The van der Waals surface area contributed by atoms with Crippen LogP contribution in [0.4, 0.5) is 4.39 Å². The van der Waals surface area contributed by atoms with Crippen LogP contribution in [0.15, 0.2) is 23.2 Å². The van der Waals surface area contributed by atoms with Crippen LogP contribution in [0.3, 0.4) is 0 Å². The molecule has 1 aromatic rings. The van der Waals surface area contributed by atoms with E-state index in [1.807, 2.05) is 6.92 Å². The van der Waals surface area contributed by atoms with Crippen molar-refractivity contribution >= 4 is 23.5 Å². The Kier molecular flexibility index (Phi) is 5.18. The lowest BCUT2D eigenvalue weighted by Crippen LogP contribution is -2.42. The summed E-state index contributed by atoms with van der Waals surface area (Å²) in [6, 6.07) is 4.87. The number of carbonyl (C=O) groups is 1. The molecule has 1 heterocycles. The van der Waals surface area contributed by atoms with Crippen molar-refractivity contribution < 1.29 is 13.9 Å². The van der Waals surface area contributed by atoms with Crippen LogP contribution < -0.4 is 5.32 Å². The van der Waals surface area contributed by atoms with E-state index in [9.17, 15) is 9.18 Å². The number of rotatable bonds is 3. The molecule has 136 valence electrons. The van der Waals surface area contributed by atoms with E-state index >= 15 is 0 Å². The van der Waals surface area contributed by atoms with E-state index in [4.69, 9.17) is 16.3 Å². The van der Waals surface area contributed by atoms with Crippen LogP contribution in [-0.4, -0.2) is 50.1 Å². The normalized spacial score (nSPS) is 28.8. The van der Waals surface area contributed by atoms with Gasteiger partial charge in [0.25, 0.3) is 0 Å². The van der Waals surface area contributed by atoms with Crippen molar-refractivity contribution in [2.75, 3.05) is 27.2 Å². The number of likely N-dealkylation sites (tertiary alicyclic amines) is 1. The number of nitrogens with one attached hydrogen (secondary N) is 1. The van der Waals surface area contributed by atoms with Crippen molar-refractivity contribution in [1.82, 2.24) is 10.2 Å². The van der Waals surface area contributed by atoms with E-state index < -0.39 is 0 Å².